The summed E-state index contributed by atoms with van der Waals surface area (Å²) in [5.41, 5.74) is 0.804. The van der Waals surface area contributed by atoms with Crippen LogP contribution < -0.4 is 0 Å². The fourth-order valence-electron chi connectivity index (χ4n) is 9.34. The molecule has 0 aromatic carbocycles. The van der Waals surface area contributed by atoms with Gasteiger partial charge in [-0.2, -0.15) is 0 Å². The Morgan fingerprint density at radius 2 is 1.41 bits per heavy atom. The van der Waals surface area contributed by atoms with E-state index in [1.165, 1.54) is 51.4 Å². The fourth-order valence-corrected chi connectivity index (χ4v) is 9.34. The van der Waals surface area contributed by atoms with E-state index in [-0.39, 0.29) is 5.41 Å². The second kappa shape index (κ2) is 8.12. The van der Waals surface area contributed by atoms with Crippen molar-refractivity contribution in [2.45, 2.75) is 117 Å². The normalized spacial score (nSPS) is 50.7. The van der Waals surface area contributed by atoms with E-state index in [0.717, 1.165) is 54.8 Å². The lowest BCUT2D eigenvalue weighted by Crippen LogP contribution is -2.58. The van der Waals surface area contributed by atoms with Crippen LogP contribution >= 0.6 is 0 Å². The molecule has 2 heteroatoms. The minimum Gasteiger partial charge on any atom is -0.390 e. The van der Waals surface area contributed by atoms with Crippen LogP contribution in [-0.4, -0.2) is 22.4 Å². The van der Waals surface area contributed by atoms with Crippen molar-refractivity contribution in [3.05, 3.63) is 0 Å². The van der Waals surface area contributed by atoms with E-state index in [4.69, 9.17) is 0 Å². The summed E-state index contributed by atoms with van der Waals surface area (Å²) in [6.45, 7) is 12.4. The summed E-state index contributed by atoms with van der Waals surface area (Å²) in [5.74, 6) is 5.50. The van der Waals surface area contributed by atoms with Crippen molar-refractivity contribution in [2.75, 3.05) is 0 Å². The van der Waals surface area contributed by atoms with Gasteiger partial charge in [-0.05, 0) is 104 Å². The summed E-state index contributed by atoms with van der Waals surface area (Å²) in [6.07, 6.45) is 13.3. The molecule has 168 valence electrons. The van der Waals surface area contributed by atoms with Crippen molar-refractivity contribution in [1.29, 1.82) is 0 Å². The van der Waals surface area contributed by atoms with Crippen LogP contribution in [-0.2, 0) is 0 Å². The SMILES string of the molecule is CC(C)CCC[C@@H](C)[C@H]1CC[C@H]2[C@H]3CC[C@H]4C(O)[C@@H](O)CC[C@@]4(C)[C@H]3CC[C@]12C. The third kappa shape index (κ3) is 3.63. The molecule has 4 aliphatic carbocycles. The summed E-state index contributed by atoms with van der Waals surface area (Å²) < 4.78 is 0. The number of aliphatic hydroxyl groups excluding tert-OH is 2. The molecule has 0 aromatic heterocycles. The molecular formula is C27H48O2. The summed E-state index contributed by atoms with van der Waals surface area (Å²) >= 11 is 0. The topological polar surface area (TPSA) is 40.5 Å². The van der Waals surface area contributed by atoms with Gasteiger partial charge in [-0.15, -0.1) is 0 Å². The maximum Gasteiger partial charge on any atom is 0.0832 e. The third-order valence-electron chi connectivity index (χ3n) is 10.9. The van der Waals surface area contributed by atoms with E-state index >= 15 is 0 Å². The highest BCUT2D eigenvalue weighted by molar-refractivity contribution is 5.11. The summed E-state index contributed by atoms with van der Waals surface area (Å²) in [5, 5.41) is 21.0. The van der Waals surface area contributed by atoms with Gasteiger partial charge >= 0.3 is 0 Å². The molecule has 4 rings (SSSR count). The van der Waals surface area contributed by atoms with E-state index in [2.05, 4.69) is 34.6 Å². The Balaban J connectivity index is 1.48. The van der Waals surface area contributed by atoms with Gasteiger partial charge in [-0.25, -0.2) is 0 Å². The highest BCUT2D eigenvalue weighted by atomic mass is 16.3. The zero-order valence-corrected chi connectivity index (χ0v) is 19.9. The minimum atomic E-state index is -0.486. The standard InChI is InChI=1S/C27H48O2/c1-17(2)7-6-8-18(3)20-11-12-21-19-9-10-23-25(29)24(28)14-16-27(23,5)22(19)13-15-26(20,21)4/h17-25,28-29H,6-16H2,1-5H3/t18-,19-,20-,21+,22+,23+,24+,25?,26-,27+/m1/s1. The number of rotatable bonds is 5. The van der Waals surface area contributed by atoms with Crippen molar-refractivity contribution in [3.63, 3.8) is 0 Å². The molecule has 0 amide bonds. The monoisotopic (exact) mass is 404 g/mol. The summed E-state index contributed by atoms with van der Waals surface area (Å²) in [7, 11) is 0. The Labute approximate surface area is 180 Å². The Hall–Kier alpha value is -0.0800. The van der Waals surface area contributed by atoms with Gasteiger partial charge in [-0.1, -0.05) is 53.9 Å². The second-order valence-electron chi connectivity index (χ2n) is 12.7. The van der Waals surface area contributed by atoms with Gasteiger partial charge in [-0.3, -0.25) is 0 Å². The molecule has 29 heavy (non-hydrogen) atoms. The summed E-state index contributed by atoms with van der Waals surface area (Å²) in [6, 6.07) is 0. The molecule has 2 N–H and O–H groups in total. The van der Waals surface area contributed by atoms with E-state index in [1.54, 1.807) is 0 Å². The van der Waals surface area contributed by atoms with Crippen LogP contribution in [0.2, 0.25) is 0 Å². The first-order valence-corrected chi connectivity index (χ1v) is 13.0. The highest BCUT2D eigenvalue weighted by Crippen LogP contribution is 2.68. The van der Waals surface area contributed by atoms with E-state index < -0.39 is 12.2 Å². The first-order valence-electron chi connectivity index (χ1n) is 13.0. The molecule has 10 atom stereocenters. The molecular weight excluding hydrogens is 356 g/mol. The van der Waals surface area contributed by atoms with Crippen molar-refractivity contribution >= 4 is 0 Å². The Morgan fingerprint density at radius 3 is 2.14 bits per heavy atom. The quantitative estimate of drug-likeness (QED) is 0.553. The average molecular weight is 405 g/mol. The molecule has 2 nitrogen and oxygen atoms in total. The smallest absolute Gasteiger partial charge is 0.0832 e. The van der Waals surface area contributed by atoms with E-state index in [0.29, 0.717) is 11.3 Å². The van der Waals surface area contributed by atoms with Crippen LogP contribution in [0.25, 0.3) is 0 Å². The third-order valence-corrected chi connectivity index (χ3v) is 10.9. The Morgan fingerprint density at radius 1 is 0.759 bits per heavy atom. The van der Waals surface area contributed by atoms with Crippen LogP contribution in [0.1, 0.15) is 105 Å². The molecule has 1 unspecified atom stereocenters. The molecule has 4 aliphatic rings. The Kier molecular flexibility index (Phi) is 6.19. The van der Waals surface area contributed by atoms with Crippen LogP contribution in [0.3, 0.4) is 0 Å². The number of hydrogen-bond acceptors (Lipinski definition) is 2. The maximum absolute atomic E-state index is 10.8. The molecule has 0 spiro atoms. The van der Waals surface area contributed by atoms with Crippen molar-refractivity contribution < 1.29 is 10.2 Å². The lowest BCUT2D eigenvalue weighted by atomic mass is 9.44. The van der Waals surface area contributed by atoms with Crippen LogP contribution in [0.4, 0.5) is 0 Å². The highest BCUT2D eigenvalue weighted by Gasteiger charge is 2.61. The van der Waals surface area contributed by atoms with Crippen LogP contribution in [0.15, 0.2) is 0 Å². The molecule has 0 aromatic rings. The molecule has 4 fully saturated rings. The van der Waals surface area contributed by atoms with Crippen molar-refractivity contribution in [2.24, 2.45) is 52.3 Å². The van der Waals surface area contributed by atoms with Crippen molar-refractivity contribution in [3.8, 4) is 0 Å². The van der Waals surface area contributed by atoms with Gasteiger partial charge in [0.1, 0.15) is 0 Å². The lowest BCUT2D eigenvalue weighted by molar-refractivity contribution is -0.174. The van der Waals surface area contributed by atoms with Crippen LogP contribution in [0, 0.1) is 52.3 Å². The lowest BCUT2D eigenvalue weighted by Gasteiger charge is -2.62. The molecule has 0 radical (unpaired) electrons. The Bertz CT molecular complexity index is 573. The van der Waals surface area contributed by atoms with Gasteiger partial charge in [0.2, 0.25) is 0 Å². The maximum atomic E-state index is 10.8. The summed E-state index contributed by atoms with van der Waals surface area (Å²) in [4.78, 5) is 0. The second-order valence-corrected chi connectivity index (χ2v) is 12.7. The zero-order chi connectivity index (χ0) is 21.0. The van der Waals surface area contributed by atoms with E-state index in [9.17, 15) is 10.2 Å². The molecule has 0 saturated heterocycles. The molecule has 0 aliphatic heterocycles. The fraction of sp³-hybridized carbons (Fsp3) is 1.00. The predicted octanol–water partition coefficient (Wildman–Crippen LogP) is 6.44. The average Bonchev–Trinajstić information content (AvgIpc) is 3.02. The number of fused-ring (bicyclic) bond motifs is 5. The van der Waals surface area contributed by atoms with Gasteiger partial charge < -0.3 is 10.2 Å². The molecule has 0 heterocycles. The van der Waals surface area contributed by atoms with Crippen LogP contribution in [0.5, 0.6) is 0 Å². The van der Waals surface area contributed by atoms with Gasteiger partial charge in [0, 0.05) is 0 Å². The van der Waals surface area contributed by atoms with E-state index in [1.807, 2.05) is 0 Å². The first-order chi connectivity index (χ1) is 13.7. The van der Waals surface area contributed by atoms with Gasteiger partial charge in [0.05, 0.1) is 12.2 Å². The molecule has 4 saturated carbocycles. The zero-order valence-electron chi connectivity index (χ0n) is 19.9. The largest absolute Gasteiger partial charge is 0.390 e. The van der Waals surface area contributed by atoms with Crippen molar-refractivity contribution in [1.82, 2.24) is 0 Å². The van der Waals surface area contributed by atoms with Gasteiger partial charge in [0.15, 0.2) is 0 Å². The molecule has 0 bridgehead atoms. The first kappa shape index (κ1) is 22.1. The number of hydrogen-bond donors (Lipinski definition) is 2. The predicted molar refractivity (Wildman–Crippen MR) is 120 cm³/mol. The number of aliphatic hydroxyl groups is 2. The van der Waals surface area contributed by atoms with Gasteiger partial charge in [0.25, 0.3) is 0 Å². The minimum absolute atomic E-state index is 0.254.